The van der Waals surface area contributed by atoms with E-state index in [4.69, 9.17) is 23.2 Å². The molecule has 2 aromatic carbocycles. The van der Waals surface area contributed by atoms with Crippen LogP contribution in [0.3, 0.4) is 0 Å². The number of carbonyl (C=O) groups excluding carboxylic acids is 1. The molecule has 2 aromatic rings. The van der Waals surface area contributed by atoms with Gasteiger partial charge in [-0.15, -0.1) is 0 Å². The van der Waals surface area contributed by atoms with Crippen molar-refractivity contribution < 1.29 is 26.4 Å². The minimum absolute atomic E-state index is 0.00722. The van der Waals surface area contributed by atoms with Crippen molar-refractivity contribution in [1.82, 2.24) is 9.21 Å². The molecule has 3 rings (SSSR count). The predicted octanol–water partition coefficient (Wildman–Crippen LogP) is 4.16. The number of benzene rings is 2. The van der Waals surface area contributed by atoms with Crippen molar-refractivity contribution in [2.75, 3.05) is 26.2 Å². The first-order valence-electron chi connectivity index (χ1n) is 8.42. The van der Waals surface area contributed by atoms with Crippen molar-refractivity contribution in [1.29, 1.82) is 0 Å². The Bertz CT molecular complexity index is 1020. The summed E-state index contributed by atoms with van der Waals surface area (Å²) >= 11 is 12.0. The van der Waals surface area contributed by atoms with Gasteiger partial charge in [-0.05, 0) is 36.4 Å². The van der Waals surface area contributed by atoms with Crippen molar-refractivity contribution >= 4 is 39.1 Å². The lowest BCUT2D eigenvalue weighted by atomic mass is 10.2. The molecule has 1 heterocycles. The quantitative estimate of drug-likeness (QED) is 0.682. The Kier molecular flexibility index (Phi) is 6.14. The number of carbonyl (C=O) groups is 1. The van der Waals surface area contributed by atoms with Gasteiger partial charge in [-0.2, -0.15) is 17.5 Å². The van der Waals surface area contributed by atoms with Gasteiger partial charge in [-0.1, -0.05) is 29.3 Å². The maximum absolute atomic E-state index is 12.7. The topological polar surface area (TPSA) is 57.7 Å². The Morgan fingerprint density at radius 2 is 1.52 bits per heavy atom. The van der Waals surface area contributed by atoms with E-state index in [1.807, 2.05) is 0 Å². The lowest BCUT2D eigenvalue weighted by Crippen LogP contribution is -2.50. The fourth-order valence-electron chi connectivity index (χ4n) is 2.94. The van der Waals surface area contributed by atoms with Gasteiger partial charge in [0.15, 0.2) is 0 Å². The molecule has 0 N–H and O–H groups in total. The normalized spacial score (nSPS) is 16.1. The Morgan fingerprint density at radius 1 is 0.931 bits per heavy atom. The molecule has 1 fully saturated rings. The van der Waals surface area contributed by atoms with Crippen LogP contribution in [0.15, 0.2) is 47.4 Å². The second kappa shape index (κ2) is 8.14. The zero-order valence-electron chi connectivity index (χ0n) is 14.8. The molecule has 156 valence electrons. The average molecular weight is 467 g/mol. The highest BCUT2D eigenvalue weighted by Gasteiger charge is 2.33. The van der Waals surface area contributed by atoms with E-state index in [0.717, 1.165) is 28.6 Å². The van der Waals surface area contributed by atoms with Gasteiger partial charge < -0.3 is 4.90 Å². The number of nitrogens with zero attached hydrogens (tertiary/aromatic N) is 2. The lowest BCUT2D eigenvalue weighted by molar-refractivity contribution is -0.137. The summed E-state index contributed by atoms with van der Waals surface area (Å²) in [6, 6.07) is 7.99. The summed E-state index contributed by atoms with van der Waals surface area (Å²) in [6.45, 7) is 0.240. The summed E-state index contributed by atoms with van der Waals surface area (Å²) in [6.07, 6.45) is -4.55. The number of alkyl halides is 3. The van der Waals surface area contributed by atoms with Crippen molar-refractivity contribution in [2.45, 2.75) is 11.1 Å². The Hall–Kier alpha value is -1.81. The van der Waals surface area contributed by atoms with E-state index in [0.29, 0.717) is 0 Å². The van der Waals surface area contributed by atoms with Gasteiger partial charge in [-0.3, -0.25) is 4.79 Å². The van der Waals surface area contributed by atoms with E-state index in [1.165, 1.54) is 11.0 Å². The number of sulfonamides is 1. The number of halogens is 5. The van der Waals surface area contributed by atoms with Gasteiger partial charge in [0.25, 0.3) is 5.91 Å². The summed E-state index contributed by atoms with van der Waals surface area (Å²) in [7, 11) is -3.97. The van der Waals surface area contributed by atoms with E-state index in [9.17, 15) is 26.4 Å². The summed E-state index contributed by atoms with van der Waals surface area (Å²) in [4.78, 5) is 13.9. The van der Waals surface area contributed by atoms with Crippen LogP contribution in [0.25, 0.3) is 0 Å². The number of hydrogen-bond acceptors (Lipinski definition) is 3. The number of amides is 1. The molecule has 0 aliphatic carbocycles. The van der Waals surface area contributed by atoms with Crippen LogP contribution in [-0.2, 0) is 16.2 Å². The van der Waals surface area contributed by atoms with Crippen molar-refractivity contribution in [3.8, 4) is 0 Å². The molecule has 0 aromatic heterocycles. The number of rotatable bonds is 3. The molecule has 1 saturated heterocycles. The molecule has 0 unspecified atom stereocenters. The molecule has 11 heteroatoms. The van der Waals surface area contributed by atoms with Gasteiger partial charge in [-0.25, -0.2) is 8.42 Å². The molecule has 0 bridgehead atoms. The van der Waals surface area contributed by atoms with Crippen LogP contribution in [-0.4, -0.2) is 49.7 Å². The van der Waals surface area contributed by atoms with Crippen molar-refractivity contribution in [3.63, 3.8) is 0 Å². The summed E-state index contributed by atoms with van der Waals surface area (Å²) in [5, 5.41) is 0.361. The molecule has 0 radical (unpaired) electrons. The zero-order chi connectivity index (χ0) is 21.4. The Labute approximate surface area is 175 Å². The zero-order valence-corrected chi connectivity index (χ0v) is 17.1. The molecule has 5 nitrogen and oxygen atoms in total. The fourth-order valence-corrected chi connectivity index (χ4v) is 4.74. The van der Waals surface area contributed by atoms with Crippen LogP contribution in [0.2, 0.25) is 10.0 Å². The second-order valence-electron chi connectivity index (χ2n) is 6.32. The minimum atomic E-state index is -4.55. The predicted molar refractivity (Wildman–Crippen MR) is 103 cm³/mol. The average Bonchev–Trinajstić information content (AvgIpc) is 2.69. The van der Waals surface area contributed by atoms with E-state index in [-0.39, 0.29) is 52.6 Å². The van der Waals surface area contributed by atoms with Crippen LogP contribution in [0.1, 0.15) is 15.9 Å². The number of piperazine rings is 1. The summed E-state index contributed by atoms with van der Waals surface area (Å²) in [5.41, 5.74) is -0.705. The first-order chi connectivity index (χ1) is 13.5. The third kappa shape index (κ3) is 4.53. The first kappa shape index (κ1) is 21.9. The first-order valence-corrected chi connectivity index (χ1v) is 10.6. The van der Waals surface area contributed by atoms with Crippen LogP contribution in [0, 0.1) is 0 Å². The van der Waals surface area contributed by atoms with Gasteiger partial charge in [0.2, 0.25) is 10.0 Å². The van der Waals surface area contributed by atoms with Gasteiger partial charge >= 0.3 is 6.18 Å². The molecule has 0 saturated carbocycles. The standard InChI is InChI=1S/C18H15Cl2F3N2O3S/c19-15-3-1-2-14(16(15)20)17(26)24-8-10-25(11-9-24)29(27,28)13-6-4-12(5-7-13)18(21,22)23/h1-7H,8-11H2. The van der Waals surface area contributed by atoms with Crippen LogP contribution >= 0.6 is 23.2 Å². The molecule has 1 amide bonds. The molecule has 1 aliphatic rings. The van der Waals surface area contributed by atoms with Crippen LogP contribution in [0.4, 0.5) is 13.2 Å². The largest absolute Gasteiger partial charge is 0.416 e. The highest BCUT2D eigenvalue weighted by Crippen LogP contribution is 2.31. The Balaban J connectivity index is 1.71. The molecule has 0 atom stereocenters. The maximum atomic E-state index is 12.7. The summed E-state index contributed by atoms with van der Waals surface area (Å²) in [5.74, 6) is -0.371. The van der Waals surface area contributed by atoms with E-state index in [2.05, 4.69) is 0 Å². The van der Waals surface area contributed by atoms with Gasteiger partial charge in [0, 0.05) is 26.2 Å². The SMILES string of the molecule is O=C(c1cccc(Cl)c1Cl)N1CCN(S(=O)(=O)c2ccc(C(F)(F)F)cc2)CC1. The van der Waals surface area contributed by atoms with Crippen molar-refractivity contribution in [3.05, 3.63) is 63.6 Å². The Morgan fingerprint density at radius 3 is 2.07 bits per heavy atom. The third-order valence-corrected chi connectivity index (χ3v) is 7.26. The van der Waals surface area contributed by atoms with Crippen LogP contribution in [0.5, 0.6) is 0 Å². The van der Waals surface area contributed by atoms with Gasteiger partial charge in [0.05, 0.1) is 26.1 Å². The monoisotopic (exact) mass is 466 g/mol. The van der Waals surface area contributed by atoms with E-state index >= 15 is 0 Å². The van der Waals surface area contributed by atoms with Gasteiger partial charge in [0.1, 0.15) is 0 Å². The summed E-state index contributed by atoms with van der Waals surface area (Å²) < 4.78 is 64.5. The highest BCUT2D eigenvalue weighted by atomic mass is 35.5. The van der Waals surface area contributed by atoms with E-state index < -0.39 is 21.8 Å². The van der Waals surface area contributed by atoms with Crippen molar-refractivity contribution in [2.24, 2.45) is 0 Å². The molecular formula is C18H15Cl2F3N2O3S. The second-order valence-corrected chi connectivity index (χ2v) is 9.04. The van der Waals surface area contributed by atoms with Crippen LogP contribution < -0.4 is 0 Å². The molecule has 0 spiro atoms. The third-order valence-electron chi connectivity index (χ3n) is 4.53. The lowest BCUT2D eigenvalue weighted by Gasteiger charge is -2.34. The maximum Gasteiger partial charge on any atom is 0.416 e. The fraction of sp³-hybridized carbons (Fsp3) is 0.278. The molecular weight excluding hydrogens is 452 g/mol. The molecule has 29 heavy (non-hydrogen) atoms. The highest BCUT2D eigenvalue weighted by molar-refractivity contribution is 7.89. The van der Waals surface area contributed by atoms with E-state index in [1.54, 1.807) is 12.1 Å². The number of hydrogen-bond donors (Lipinski definition) is 0. The smallest absolute Gasteiger partial charge is 0.336 e. The molecule has 1 aliphatic heterocycles. The minimum Gasteiger partial charge on any atom is -0.336 e.